The Hall–Kier alpha value is -4.75. The average Bonchev–Trinajstić information content (AvgIpc) is 2.91. The predicted molar refractivity (Wildman–Crippen MR) is 142 cm³/mol. The highest BCUT2D eigenvalue weighted by molar-refractivity contribution is 9.10. The van der Waals surface area contributed by atoms with Crippen molar-refractivity contribution in [2.45, 2.75) is 4.90 Å². The Morgan fingerprint density at radius 3 is 1.97 bits per heavy atom. The second-order valence-electron chi connectivity index (χ2n) is 7.59. The van der Waals surface area contributed by atoms with E-state index in [-0.39, 0.29) is 27.4 Å². The van der Waals surface area contributed by atoms with Gasteiger partial charge >= 0.3 is 12.2 Å². The minimum absolute atomic E-state index is 0.0381. The van der Waals surface area contributed by atoms with Crippen LogP contribution in [0.4, 0.5) is 21.0 Å². The molecule has 4 aromatic carbocycles. The number of halogens is 1. The Morgan fingerprint density at radius 1 is 0.769 bits per heavy atom. The number of hydrogen-bond acceptors (Lipinski definition) is 9. The summed E-state index contributed by atoms with van der Waals surface area (Å²) in [5.74, 6) is 0.265. The first-order valence-electron chi connectivity index (χ1n) is 11.0. The molecule has 0 saturated heterocycles. The molecule has 4 aromatic rings. The van der Waals surface area contributed by atoms with Crippen molar-refractivity contribution in [3.05, 3.63) is 118 Å². The van der Waals surface area contributed by atoms with Crippen molar-refractivity contribution in [3.63, 3.8) is 0 Å². The van der Waals surface area contributed by atoms with Gasteiger partial charge in [0, 0.05) is 12.1 Å². The molecule has 0 heterocycles. The normalized spacial score (nSPS) is 10.8. The number of rotatable bonds is 7. The van der Waals surface area contributed by atoms with Crippen LogP contribution in [-0.2, 0) is 10.0 Å². The third-order valence-corrected chi connectivity index (χ3v) is 7.28. The molecule has 0 bridgehead atoms. The van der Waals surface area contributed by atoms with Crippen LogP contribution < -0.4 is 18.5 Å². The molecule has 0 N–H and O–H groups in total. The average molecular weight is 613 g/mol. The smallest absolute Gasteiger partial charge is 0.409 e. The van der Waals surface area contributed by atoms with Crippen LogP contribution in [0.25, 0.3) is 0 Å². The van der Waals surface area contributed by atoms with Gasteiger partial charge in [-0.3, -0.25) is 10.1 Å². The van der Waals surface area contributed by atoms with E-state index in [1.165, 1.54) is 36.4 Å². The lowest BCUT2D eigenvalue weighted by molar-refractivity contribution is -0.385. The highest BCUT2D eigenvalue weighted by Crippen LogP contribution is 2.34. The second kappa shape index (κ2) is 11.8. The van der Waals surface area contributed by atoms with Gasteiger partial charge in [-0.05, 0) is 64.5 Å². The van der Waals surface area contributed by atoms with Crippen molar-refractivity contribution in [1.82, 2.24) is 0 Å². The number of nitrogens with zero attached hydrogens (tertiary/aromatic N) is 2. The van der Waals surface area contributed by atoms with E-state index < -0.39 is 37.8 Å². The lowest BCUT2D eigenvalue weighted by atomic mass is 10.3. The van der Waals surface area contributed by atoms with E-state index in [0.29, 0.717) is 4.31 Å². The summed E-state index contributed by atoms with van der Waals surface area (Å²) in [5, 5.41) is 11.2. The van der Waals surface area contributed by atoms with E-state index in [1.807, 2.05) is 0 Å². The van der Waals surface area contributed by atoms with Crippen LogP contribution in [0, 0.1) is 10.1 Å². The fourth-order valence-electron chi connectivity index (χ4n) is 3.23. The van der Waals surface area contributed by atoms with Gasteiger partial charge in [-0.1, -0.05) is 42.5 Å². The summed E-state index contributed by atoms with van der Waals surface area (Å²) in [6.45, 7) is 0. The quantitative estimate of drug-likeness (QED) is 0.101. The molecule has 13 heteroatoms. The Bertz CT molecular complexity index is 1630. The molecule has 0 aromatic heterocycles. The molecule has 0 aliphatic heterocycles. The van der Waals surface area contributed by atoms with E-state index >= 15 is 0 Å². The van der Waals surface area contributed by atoms with Crippen molar-refractivity contribution in [2.24, 2.45) is 0 Å². The maximum absolute atomic E-state index is 13.6. The molecule has 11 nitrogen and oxygen atoms in total. The first-order chi connectivity index (χ1) is 18.6. The summed E-state index contributed by atoms with van der Waals surface area (Å²) in [6.07, 6.45) is -2.36. The monoisotopic (exact) mass is 612 g/mol. The minimum atomic E-state index is -4.72. The molecule has 0 aliphatic rings. The van der Waals surface area contributed by atoms with Gasteiger partial charge in [0.05, 0.1) is 20.0 Å². The van der Waals surface area contributed by atoms with Gasteiger partial charge < -0.3 is 14.2 Å². The van der Waals surface area contributed by atoms with Gasteiger partial charge in [0.25, 0.3) is 15.7 Å². The van der Waals surface area contributed by atoms with Gasteiger partial charge in [0.1, 0.15) is 17.2 Å². The summed E-state index contributed by atoms with van der Waals surface area (Å²) in [4.78, 5) is 35.3. The van der Waals surface area contributed by atoms with Gasteiger partial charge in [0.15, 0.2) is 0 Å². The van der Waals surface area contributed by atoms with Crippen LogP contribution in [0.5, 0.6) is 17.2 Å². The molecule has 39 heavy (non-hydrogen) atoms. The zero-order chi connectivity index (χ0) is 28.0. The largest absolute Gasteiger partial charge is 0.519 e. The topological polar surface area (TPSA) is 142 Å². The molecule has 4 rings (SSSR count). The first kappa shape index (κ1) is 27.3. The molecular weight excluding hydrogens is 596 g/mol. The van der Waals surface area contributed by atoms with Crippen LogP contribution in [-0.4, -0.2) is 25.6 Å². The predicted octanol–water partition coefficient (Wildman–Crippen LogP) is 6.33. The highest BCUT2D eigenvalue weighted by Gasteiger charge is 2.34. The number of sulfonamides is 1. The summed E-state index contributed by atoms with van der Waals surface area (Å²) in [5.41, 5.74) is -0.701. The summed E-state index contributed by atoms with van der Waals surface area (Å²) in [6, 6.07) is 23.7. The van der Waals surface area contributed by atoms with Crippen molar-refractivity contribution in [3.8, 4) is 17.2 Å². The molecular formula is C26H17BrN2O9S. The lowest BCUT2D eigenvalue weighted by Crippen LogP contribution is -2.39. The van der Waals surface area contributed by atoms with Crippen LogP contribution in [0.15, 0.2) is 112 Å². The SMILES string of the molecule is O=C(Oc1ccccc1)Oc1ccc(N(C(=O)Oc2ccccc2)S(=O)(=O)c2cccc([N+](=O)[O-])c2)cc1Br. The molecule has 0 atom stereocenters. The number of benzene rings is 4. The fraction of sp³-hybridized carbons (Fsp3) is 0. The number of carbonyl (C=O) groups excluding carboxylic acids is 2. The summed E-state index contributed by atoms with van der Waals surface area (Å²) in [7, 11) is -4.72. The van der Waals surface area contributed by atoms with Crippen molar-refractivity contribution >= 4 is 49.6 Å². The number of nitro benzene ring substituents is 1. The molecule has 1 amide bonds. The number of anilines is 1. The number of non-ortho nitro benzene ring substituents is 1. The van der Waals surface area contributed by atoms with E-state index in [4.69, 9.17) is 14.2 Å². The molecule has 0 unspecified atom stereocenters. The minimum Gasteiger partial charge on any atom is -0.409 e. The maximum atomic E-state index is 13.6. The Morgan fingerprint density at radius 2 is 1.38 bits per heavy atom. The molecule has 0 spiro atoms. The van der Waals surface area contributed by atoms with Gasteiger partial charge in [-0.2, -0.15) is 4.31 Å². The van der Waals surface area contributed by atoms with E-state index in [1.54, 1.807) is 48.5 Å². The van der Waals surface area contributed by atoms with Gasteiger partial charge in [-0.25, -0.2) is 18.0 Å². The Kier molecular flexibility index (Phi) is 8.22. The number of carbonyl (C=O) groups is 2. The fourth-order valence-corrected chi connectivity index (χ4v) is 5.03. The third kappa shape index (κ3) is 6.58. The first-order valence-corrected chi connectivity index (χ1v) is 13.2. The lowest BCUT2D eigenvalue weighted by Gasteiger charge is -2.22. The van der Waals surface area contributed by atoms with Crippen LogP contribution >= 0.6 is 15.9 Å². The van der Waals surface area contributed by atoms with Crippen LogP contribution in [0.1, 0.15) is 0 Å². The molecule has 0 saturated carbocycles. The number of amides is 1. The van der Waals surface area contributed by atoms with Crippen LogP contribution in [0.2, 0.25) is 0 Å². The molecule has 198 valence electrons. The molecule has 0 radical (unpaired) electrons. The Balaban J connectivity index is 1.69. The molecule has 0 fully saturated rings. The molecule has 0 aliphatic carbocycles. The van der Waals surface area contributed by atoms with Crippen molar-refractivity contribution < 1.29 is 37.1 Å². The van der Waals surface area contributed by atoms with E-state index in [9.17, 15) is 28.1 Å². The third-order valence-electron chi connectivity index (χ3n) is 4.97. The summed E-state index contributed by atoms with van der Waals surface area (Å²) >= 11 is 3.20. The zero-order valence-corrected chi connectivity index (χ0v) is 22.1. The number of nitro groups is 1. The Labute approximate surface area is 230 Å². The standard InChI is InChI=1S/C26H17BrN2O9S/c27-23-17-18(14-15-24(23)38-26(31)37-21-11-5-2-6-12-21)28(25(30)36-20-9-3-1-4-10-20)39(34,35)22-13-7-8-19(16-22)29(32)33/h1-17H. The van der Waals surface area contributed by atoms with Crippen LogP contribution in [0.3, 0.4) is 0 Å². The number of hydrogen-bond donors (Lipinski definition) is 0. The van der Waals surface area contributed by atoms with Gasteiger partial charge in [0.2, 0.25) is 0 Å². The summed E-state index contributed by atoms with van der Waals surface area (Å²) < 4.78 is 43.2. The van der Waals surface area contributed by atoms with E-state index in [0.717, 1.165) is 18.2 Å². The number of para-hydroxylation sites is 2. The van der Waals surface area contributed by atoms with Crippen molar-refractivity contribution in [2.75, 3.05) is 4.31 Å². The van der Waals surface area contributed by atoms with E-state index in [2.05, 4.69) is 15.9 Å². The van der Waals surface area contributed by atoms with Crippen molar-refractivity contribution in [1.29, 1.82) is 0 Å². The maximum Gasteiger partial charge on any atom is 0.519 e. The second-order valence-corrected chi connectivity index (χ2v) is 10.2. The number of ether oxygens (including phenoxy) is 3. The highest BCUT2D eigenvalue weighted by atomic mass is 79.9. The van der Waals surface area contributed by atoms with Gasteiger partial charge in [-0.15, -0.1) is 0 Å². The zero-order valence-electron chi connectivity index (χ0n) is 19.7.